The van der Waals surface area contributed by atoms with Gasteiger partial charge in [-0.1, -0.05) is 169 Å². The number of ether oxygens (including phenoxy) is 1. The highest BCUT2D eigenvalue weighted by atomic mass is 28.4. The van der Waals surface area contributed by atoms with E-state index >= 15 is 0 Å². The smallest absolute Gasteiger partial charge is 0.261 e. The van der Waals surface area contributed by atoms with Gasteiger partial charge < -0.3 is 13.6 Å². The number of rotatable bonds is 11. The third-order valence-electron chi connectivity index (χ3n) is 9.47. The van der Waals surface area contributed by atoms with Gasteiger partial charge in [0, 0.05) is 5.92 Å². The van der Waals surface area contributed by atoms with Crippen LogP contribution in [0.4, 0.5) is 0 Å². The lowest BCUT2D eigenvalue weighted by molar-refractivity contribution is -0.0109. The molecule has 0 unspecified atom stereocenters. The molecule has 5 rings (SSSR count). The molecule has 0 aliphatic carbocycles. The Hall–Kier alpha value is -3.07. The van der Waals surface area contributed by atoms with Crippen molar-refractivity contribution in [3.05, 3.63) is 134 Å². The minimum Gasteiger partial charge on any atom is -0.405 e. The molecule has 3 nitrogen and oxygen atoms in total. The van der Waals surface area contributed by atoms with Gasteiger partial charge in [0.05, 0.1) is 25.4 Å². The second-order valence-corrected chi connectivity index (χ2v) is 23.0. The molecule has 5 heteroatoms. The maximum Gasteiger partial charge on any atom is 0.261 e. The van der Waals surface area contributed by atoms with Crippen LogP contribution in [-0.4, -0.2) is 42.1 Å². The lowest BCUT2D eigenvalue weighted by atomic mass is 10.0. The predicted octanol–water partition coefficient (Wildman–Crippen LogP) is 7.10. The lowest BCUT2D eigenvalue weighted by Gasteiger charge is -2.44. The molecule has 1 aliphatic rings. The number of hydrogen-bond donors (Lipinski definition) is 0. The van der Waals surface area contributed by atoms with Crippen LogP contribution in [-0.2, 0) is 13.6 Å². The van der Waals surface area contributed by atoms with Crippen molar-refractivity contribution in [2.24, 2.45) is 5.92 Å². The van der Waals surface area contributed by atoms with Gasteiger partial charge >= 0.3 is 0 Å². The van der Waals surface area contributed by atoms with Crippen LogP contribution >= 0.6 is 0 Å². The standard InChI is InChI=1S/C40H50O3Si2/c1-8-32-29-33(30-41-44(39(2,3)4,34-21-13-9-14-22-34)35-23-15-10-16-24-35)43-38(32)31-42-45(40(5,6)7,36-25-17-11-18-26-36)37-27-19-12-20-28-37/h8-28,32-33,38H,1,29-31H2,2-7H3/t32-,33-,38-/m0/s1. The van der Waals surface area contributed by atoms with Gasteiger partial charge in [0.25, 0.3) is 16.6 Å². The van der Waals surface area contributed by atoms with Crippen molar-refractivity contribution in [2.75, 3.05) is 13.2 Å². The Bertz CT molecular complexity index is 1420. The molecule has 0 amide bonds. The van der Waals surface area contributed by atoms with E-state index in [0.29, 0.717) is 13.2 Å². The highest BCUT2D eigenvalue weighted by Gasteiger charge is 2.52. The molecule has 1 fully saturated rings. The molecule has 1 aliphatic heterocycles. The van der Waals surface area contributed by atoms with Crippen molar-refractivity contribution in [2.45, 2.75) is 70.2 Å². The van der Waals surface area contributed by atoms with E-state index in [-0.39, 0.29) is 28.2 Å². The third-order valence-corrected chi connectivity index (χ3v) is 19.5. The molecular weight excluding hydrogens is 585 g/mol. The molecule has 3 atom stereocenters. The van der Waals surface area contributed by atoms with Gasteiger partial charge in [0.15, 0.2) is 0 Å². The average Bonchev–Trinajstić information content (AvgIpc) is 3.44. The molecule has 0 aromatic heterocycles. The van der Waals surface area contributed by atoms with Gasteiger partial charge in [-0.25, -0.2) is 0 Å². The summed E-state index contributed by atoms with van der Waals surface area (Å²) in [6.07, 6.45) is 2.80. The second-order valence-electron chi connectivity index (χ2n) is 14.4. The van der Waals surface area contributed by atoms with E-state index in [1.807, 2.05) is 0 Å². The van der Waals surface area contributed by atoms with E-state index in [1.165, 1.54) is 20.7 Å². The Labute approximate surface area is 273 Å². The fraction of sp³-hybridized carbons (Fsp3) is 0.350. The summed E-state index contributed by atoms with van der Waals surface area (Å²) in [5.74, 6) is 0.191. The van der Waals surface area contributed by atoms with Crippen LogP contribution in [0.3, 0.4) is 0 Å². The van der Waals surface area contributed by atoms with Crippen LogP contribution in [0.1, 0.15) is 48.0 Å². The molecule has 0 saturated carbocycles. The first kappa shape index (κ1) is 33.3. The van der Waals surface area contributed by atoms with E-state index in [4.69, 9.17) is 13.6 Å². The number of benzene rings is 4. The summed E-state index contributed by atoms with van der Waals surface area (Å²) >= 11 is 0. The van der Waals surface area contributed by atoms with Crippen LogP contribution in [0.25, 0.3) is 0 Å². The monoisotopic (exact) mass is 634 g/mol. The van der Waals surface area contributed by atoms with Gasteiger partial charge in [0.1, 0.15) is 0 Å². The molecule has 0 spiro atoms. The maximum absolute atomic E-state index is 7.30. The summed E-state index contributed by atoms with van der Waals surface area (Å²) < 4.78 is 21.4. The maximum atomic E-state index is 7.30. The minimum absolute atomic E-state index is 0.0394. The first-order valence-electron chi connectivity index (χ1n) is 16.3. The highest BCUT2D eigenvalue weighted by molar-refractivity contribution is 7.00. The molecular formula is C40H50O3Si2. The van der Waals surface area contributed by atoms with Gasteiger partial charge in [-0.3, -0.25) is 0 Å². The Morgan fingerprint density at radius 3 is 1.24 bits per heavy atom. The van der Waals surface area contributed by atoms with Gasteiger partial charge in [-0.15, -0.1) is 6.58 Å². The normalized spacial score (nSPS) is 19.4. The van der Waals surface area contributed by atoms with Gasteiger partial charge in [-0.05, 0) is 37.2 Å². The molecule has 1 heterocycles. The molecule has 1 saturated heterocycles. The summed E-state index contributed by atoms with van der Waals surface area (Å²) in [5, 5.41) is 4.95. The van der Waals surface area contributed by atoms with Crippen LogP contribution < -0.4 is 20.7 Å². The minimum atomic E-state index is -2.68. The molecule has 0 N–H and O–H groups in total. The van der Waals surface area contributed by atoms with Crippen molar-refractivity contribution >= 4 is 37.4 Å². The zero-order valence-corrected chi connectivity index (χ0v) is 29.9. The zero-order chi connectivity index (χ0) is 32.1. The van der Waals surface area contributed by atoms with Crippen LogP contribution in [0, 0.1) is 5.92 Å². The van der Waals surface area contributed by atoms with E-state index in [9.17, 15) is 0 Å². The quantitative estimate of drug-likeness (QED) is 0.130. The van der Waals surface area contributed by atoms with Crippen molar-refractivity contribution < 1.29 is 13.6 Å². The van der Waals surface area contributed by atoms with Crippen molar-refractivity contribution in [3.63, 3.8) is 0 Å². The summed E-state index contributed by atoms with van der Waals surface area (Å²) in [6, 6.07) is 43.3. The highest BCUT2D eigenvalue weighted by Crippen LogP contribution is 2.40. The second kappa shape index (κ2) is 13.7. The van der Waals surface area contributed by atoms with E-state index in [2.05, 4.69) is 176 Å². The SMILES string of the molecule is C=C[C@H]1C[C@@H](CO[Si](c2ccccc2)(c2ccccc2)C(C)(C)C)O[C@H]1CO[Si](c1ccccc1)(c1ccccc1)C(C)(C)C. The average molecular weight is 635 g/mol. The first-order valence-corrected chi connectivity index (χ1v) is 20.1. The lowest BCUT2D eigenvalue weighted by Crippen LogP contribution is -2.67. The van der Waals surface area contributed by atoms with Crippen molar-refractivity contribution in [3.8, 4) is 0 Å². The Morgan fingerprint density at radius 1 is 0.600 bits per heavy atom. The van der Waals surface area contributed by atoms with Crippen LogP contribution in [0.15, 0.2) is 134 Å². The molecule has 0 bridgehead atoms. The Morgan fingerprint density at radius 2 is 0.933 bits per heavy atom. The zero-order valence-electron chi connectivity index (χ0n) is 27.9. The summed E-state index contributed by atoms with van der Waals surface area (Å²) in [5.41, 5.74) is 0. The summed E-state index contributed by atoms with van der Waals surface area (Å²) in [4.78, 5) is 0. The molecule has 45 heavy (non-hydrogen) atoms. The largest absolute Gasteiger partial charge is 0.405 e. The molecule has 236 valence electrons. The molecule has 4 aromatic carbocycles. The summed E-state index contributed by atoms with van der Waals surface area (Å²) in [6.45, 7) is 19.2. The Balaban J connectivity index is 1.42. The van der Waals surface area contributed by atoms with E-state index < -0.39 is 16.6 Å². The van der Waals surface area contributed by atoms with Crippen molar-refractivity contribution in [1.82, 2.24) is 0 Å². The topological polar surface area (TPSA) is 27.7 Å². The predicted molar refractivity (Wildman–Crippen MR) is 194 cm³/mol. The molecule has 4 aromatic rings. The number of hydrogen-bond acceptors (Lipinski definition) is 3. The summed E-state index contributed by atoms with van der Waals surface area (Å²) in [7, 11) is -5.34. The van der Waals surface area contributed by atoms with E-state index in [0.717, 1.165) is 6.42 Å². The van der Waals surface area contributed by atoms with Gasteiger partial charge in [-0.2, -0.15) is 0 Å². The van der Waals surface area contributed by atoms with Crippen LogP contribution in [0.5, 0.6) is 0 Å². The van der Waals surface area contributed by atoms with Crippen LogP contribution in [0.2, 0.25) is 10.1 Å². The Kier molecular flexibility index (Phi) is 10.2. The molecule has 0 radical (unpaired) electrons. The third kappa shape index (κ3) is 6.60. The van der Waals surface area contributed by atoms with E-state index in [1.54, 1.807) is 0 Å². The fourth-order valence-electron chi connectivity index (χ4n) is 7.33. The fourth-order valence-corrected chi connectivity index (χ4v) is 16.5. The first-order chi connectivity index (χ1) is 21.5. The van der Waals surface area contributed by atoms with Crippen molar-refractivity contribution in [1.29, 1.82) is 0 Å². The van der Waals surface area contributed by atoms with Gasteiger partial charge in [0.2, 0.25) is 0 Å².